The maximum absolute atomic E-state index is 5.39. The minimum atomic E-state index is 0.507. The van der Waals surface area contributed by atoms with Crippen molar-refractivity contribution in [3.05, 3.63) is 36.1 Å². The van der Waals surface area contributed by atoms with Gasteiger partial charge in [0.15, 0.2) is 0 Å². The molecule has 0 amide bonds. The van der Waals surface area contributed by atoms with E-state index in [1.165, 1.54) is 0 Å². The molecule has 0 aliphatic heterocycles. The lowest BCUT2D eigenvalue weighted by Crippen LogP contribution is -2.00. The second kappa shape index (κ2) is 4.82. The molecular formula is C8H14N2. The maximum Gasteiger partial charge on any atom is 0.0177 e. The van der Waals surface area contributed by atoms with E-state index >= 15 is 0 Å². The number of rotatable bonds is 3. The molecule has 0 radical (unpaired) electrons. The summed E-state index contributed by atoms with van der Waals surface area (Å²) < 4.78 is 0. The summed E-state index contributed by atoms with van der Waals surface area (Å²) in [7, 11) is 0. The highest BCUT2D eigenvalue weighted by Gasteiger charge is 1.82. The van der Waals surface area contributed by atoms with E-state index in [9.17, 15) is 0 Å². The van der Waals surface area contributed by atoms with E-state index in [4.69, 9.17) is 11.5 Å². The van der Waals surface area contributed by atoms with Gasteiger partial charge in [0.05, 0.1) is 0 Å². The molecular weight excluding hydrogens is 124 g/mol. The van der Waals surface area contributed by atoms with Gasteiger partial charge in [0.25, 0.3) is 0 Å². The number of hydrogen-bond donors (Lipinski definition) is 2. The van der Waals surface area contributed by atoms with Gasteiger partial charge in [0.2, 0.25) is 0 Å². The maximum atomic E-state index is 5.39. The minimum absolute atomic E-state index is 0.507. The molecule has 4 N–H and O–H groups in total. The van der Waals surface area contributed by atoms with Crippen LogP contribution < -0.4 is 11.5 Å². The third kappa shape index (κ3) is 3.92. The van der Waals surface area contributed by atoms with Gasteiger partial charge in [-0.05, 0) is 18.6 Å². The summed E-state index contributed by atoms with van der Waals surface area (Å²) in [5.41, 5.74) is 12.5. The molecule has 0 atom stereocenters. The van der Waals surface area contributed by atoms with Gasteiger partial charge in [-0.1, -0.05) is 18.7 Å². The van der Waals surface area contributed by atoms with Crippen molar-refractivity contribution in [2.24, 2.45) is 11.5 Å². The van der Waals surface area contributed by atoms with E-state index in [0.29, 0.717) is 6.54 Å². The average molecular weight is 138 g/mol. The molecule has 0 fully saturated rings. The molecule has 0 saturated carbocycles. The Kier molecular flexibility index (Phi) is 4.33. The van der Waals surface area contributed by atoms with Gasteiger partial charge < -0.3 is 11.5 Å². The predicted octanol–water partition coefficient (Wildman–Crippen LogP) is 0.920. The quantitative estimate of drug-likeness (QED) is 0.570. The van der Waals surface area contributed by atoms with Crippen LogP contribution in [0.15, 0.2) is 36.1 Å². The first kappa shape index (κ1) is 8.98. The molecule has 2 nitrogen and oxygen atoms in total. The van der Waals surface area contributed by atoms with Crippen LogP contribution in [0, 0.1) is 0 Å². The van der Waals surface area contributed by atoms with Crippen LogP contribution in [-0.4, -0.2) is 6.54 Å². The van der Waals surface area contributed by atoms with Crippen molar-refractivity contribution in [3.8, 4) is 0 Å². The fourth-order valence-corrected chi connectivity index (χ4v) is 0.458. The largest absolute Gasteiger partial charge is 0.402 e. The monoisotopic (exact) mass is 138 g/mol. The highest BCUT2D eigenvalue weighted by atomic mass is 14.5. The van der Waals surface area contributed by atoms with E-state index in [2.05, 4.69) is 6.58 Å². The zero-order valence-electron chi connectivity index (χ0n) is 6.30. The van der Waals surface area contributed by atoms with Crippen LogP contribution in [0.2, 0.25) is 0 Å². The summed E-state index contributed by atoms with van der Waals surface area (Å²) in [5.74, 6) is 0. The third-order valence-electron chi connectivity index (χ3n) is 1.06. The van der Waals surface area contributed by atoms with Gasteiger partial charge >= 0.3 is 0 Å². The first-order chi connectivity index (χ1) is 4.70. The van der Waals surface area contributed by atoms with Crippen LogP contribution in [0.5, 0.6) is 0 Å². The highest BCUT2D eigenvalue weighted by Crippen LogP contribution is 1.93. The number of hydrogen-bond acceptors (Lipinski definition) is 2. The third-order valence-corrected chi connectivity index (χ3v) is 1.06. The second-order valence-corrected chi connectivity index (χ2v) is 2.06. The van der Waals surface area contributed by atoms with Crippen molar-refractivity contribution in [2.45, 2.75) is 6.92 Å². The average Bonchev–Trinajstić information content (AvgIpc) is 1.90. The molecule has 0 spiro atoms. The standard InChI is InChI=1S/C8H14N2/c1-3-8(6-9)5-4-7(2)10/h3-5H,1,6,9-10H2,2H3/b7-4+,8-5+. The normalized spacial score (nSPS) is 13.4. The molecule has 0 aliphatic carbocycles. The van der Waals surface area contributed by atoms with Gasteiger partial charge in [-0.15, -0.1) is 0 Å². The Labute approximate surface area is 61.9 Å². The van der Waals surface area contributed by atoms with Crippen LogP contribution in [0.25, 0.3) is 0 Å². The zero-order chi connectivity index (χ0) is 7.98. The minimum Gasteiger partial charge on any atom is -0.402 e. The lowest BCUT2D eigenvalue weighted by Gasteiger charge is -1.92. The number of allylic oxidation sites excluding steroid dienone is 3. The molecule has 0 saturated heterocycles. The molecule has 0 aliphatic rings. The van der Waals surface area contributed by atoms with Crippen molar-refractivity contribution >= 4 is 0 Å². The smallest absolute Gasteiger partial charge is 0.0177 e. The van der Waals surface area contributed by atoms with E-state index in [0.717, 1.165) is 11.3 Å². The Balaban J connectivity index is 4.12. The summed E-state index contributed by atoms with van der Waals surface area (Å²) >= 11 is 0. The van der Waals surface area contributed by atoms with Crippen LogP contribution in [0.4, 0.5) is 0 Å². The van der Waals surface area contributed by atoms with Gasteiger partial charge in [-0.3, -0.25) is 0 Å². The van der Waals surface area contributed by atoms with E-state index < -0.39 is 0 Å². The van der Waals surface area contributed by atoms with Crippen LogP contribution in [-0.2, 0) is 0 Å². The van der Waals surface area contributed by atoms with Crippen molar-refractivity contribution in [3.63, 3.8) is 0 Å². The van der Waals surface area contributed by atoms with Gasteiger partial charge in [-0.25, -0.2) is 0 Å². The zero-order valence-corrected chi connectivity index (χ0v) is 6.30. The molecule has 10 heavy (non-hydrogen) atoms. The van der Waals surface area contributed by atoms with Crippen molar-refractivity contribution in [1.82, 2.24) is 0 Å². The first-order valence-corrected chi connectivity index (χ1v) is 3.16. The van der Waals surface area contributed by atoms with Gasteiger partial charge in [0.1, 0.15) is 0 Å². The van der Waals surface area contributed by atoms with Crippen LogP contribution in [0.3, 0.4) is 0 Å². The molecule has 0 aromatic heterocycles. The Bertz CT molecular complexity index is 162. The Morgan fingerprint density at radius 3 is 2.40 bits per heavy atom. The summed E-state index contributed by atoms with van der Waals surface area (Å²) in [4.78, 5) is 0. The number of nitrogens with two attached hydrogens (primary N) is 2. The molecule has 0 rings (SSSR count). The first-order valence-electron chi connectivity index (χ1n) is 3.16. The molecule has 0 aromatic rings. The fourth-order valence-electron chi connectivity index (χ4n) is 0.458. The predicted molar refractivity (Wildman–Crippen MR) is 45.3 cm³/mol. The molecule has 2 heteroatoms. The van der Waals surface area contributed by atoms with Crippen molar-refractivity contribution in [1.29, 1.82) is 0 Å². The van der Waals surface area contributed by atoms with Crippen LogP contribution in [0.1, 0.15) is 6.92 Å². The lowest BCUT2D eigenvalue weighted by atomic mass is 10.2. The van der Waals surface area contributed by atoms with E-state index in [1.807, 2.05) is 19.1 Å². The Hall–Kier alpha value is -1.02. The fraction of sp³-hybridized carbons (Fsp3) is 0.250. The lowest BCUT2D eigenvalue weighted by molar-refractivity contribution is 1.18. The second-order valence-electron chi connectivity index (χ2n) is 2.06. The topological polar surface area (TPSA) is 52.0 Å². The summed E-state index contributed by atoms with van der Waals surface area (Å²) in [6.07, 6.45) is 5.39. The molecule has 0 unspecified atom stereocenters. The molecule has 56 valence electrons. The molecule has 0 aromatic carbocycles. The van der Waals surface area contributed by atoms with Crippen molar-refractivity contribution in [2.75, 3.05) is 6.54 Å². The SMILES string of the molecule is C=C/C(=C\C=C(/C)N)CN. The Morgan fingerprint density at radius 1 is 1.50 bits per heavy atom. The molecule has 0 bridgehead atoms. The van der Waals surface area contributed by atoms with Crippen LogP contribution >= 0.6 is 0 Å². The highest BCUT2D eigenvalue weighted by molar-refractivity contribution is 5.24. The van der Waals surface area contributed by atoms with Gasteiger partial charge in [-0.2, -0.15) is 0 Å². The summed E-state index contributed by atoms with van der Waals surface area (Å²) in [6.45, 7) is 5.93. The Morgan fingerprint density at radius 2 is 2.10 bits per heavy atom. The van der Waals surface area contributed by atoms with E-state index in [-0.39, 0.29) is 0 Å². The van der Waals surface area contributed by atoms with E-state index in [1.54, 1.807) is 6.08 Å². The van der Waals surface area contributed by atoms with Gasteiger partial charge in [0, 0.05) is 12.2 Å². The summed E-state index contributed by atoms with van der Waals surface area (Å²) in [5, 5.41) is 0. The summed E-state index contributed by atoms with van der Waals surface area (Å²) in [6, 6.07) is 0. The molecule has 0 heterocycles. The van der Waals surface area contributed by atoms with Crippen molar-refractivity contribution < 1.29 is 0 Å².